The molecule has 1 atom stereocenters. The van der Waals surface area contributed by atoms with Crippen LogP contribution in [0.4, 0.5) is 5.69 Å². The van der Waals surface area contributed by atoms with Crippen LogP contribution >= 0.6 is 11.3 Å². The number of allylic oxidation sites excluding steroid dienone is 1. The van der Waals surface area contributed by atoms with Gasteiger partial charge in [0, 0.05) is 5.69 Å². The van der Waals surface area contributed by atoms with Gasteiger partial charge in [0.1, 0.15) is 11.5 Å². The van der Waals surface area contributed by atoms with Crippen molar-refractivity contribution in [3.05, 3.63) is 120 Å². The number of aryl methyl sites for hydroxylation is 1. The van der Waals surface area contributed by atoms with Crippen molar-refractivity contribution >= 4 is 35.0 Å². The van der Waals surface area contributed by atoms with Gasteiger partial charge < -0.3 is 19.5 Å². The smallest absolute Gasteiger partial charge is 0.344 e. The number of carbonyl (C=O) groups is 2. The van der Waals surface area contributed by atoms with Crippen LogP contribution in [0.15, 0.2) is 93.9 Å². The fourth-order valence-corrected chi connectivity index (χ4v) is 5.86. The fourth-order valence-electron chi connectivity index (χ4n) is 4.81. The topological polar surface area (TPSA) is 108 Å². The molecule has 3 aromatic carbocycles. The number of methoxy groups -OCH3 is 1. The molecule has 0 spiro atoms. The third-order valence-corrected chi connectivity index (χ3v) is 7.87. The second-order valence-electron chi connectivity index (χ2n) is 9.79. The lowest BCUT2D eigenvalue weighted by molar-refractivity contribution is -0.145. The van der Waals surface area contributed by atoms with Gasteiger partial charge in [-0.1, -0.05) is 53.8 Å². The van der Waals surface area contributed by atoms with Gasteiger partial charge in [-0.05, 0) is 73.9 Å². The van der Waals surface area contributed by atoms with Crippen molar-refractivity contribution < 1.29 is 23.8 Å². The number of nitrogens with one attached hydrogen (secondary N) is 1. The van der Waals surface area contributed by atoms with Crippen LogP contribution in [-0.4, -0.2) is 36.8 Å². The maximum absolute atomic E-state index is 14.0. The Hall–Kier alpha value is -4.96. The Morgan fingerprint density at radius 2 is 1.79 bits per heavy atom. The molecule has 0 fully saturated rings. The molecule has 10 heteroatoms. The maximum Gasteiger partial charge on any atom is 0.344 e. The molecule has 1 aliphatic rings. The summed E-state index contributed by atoms with van der Waals surface area (Å²) in [6.07, 6.45) is 1.77. The zero-order valence-electron chi connectivity index (χ0n) is 24.2. The highest BCUT2D eigenvalue weighted by atomic mass is 32.1. The number of rotatable bonds is 9. The average molecular weight is 598 g/mol. The number of para-hydroxylation sites is 1. The molecule has 9 nitrogen and oxygen atoms in total. The first-order valence-corrected chi connectivity index (χ1v) is 14.5. The summed E-state index contributed by atoms with van der Waals surface area (Å²) in [4.78, 5) is 44.5. The van der Waals surface area contributed by atoms with E-state index in [9.17, 15) is 14.4 Å². The van der Waals surface area contributed by atoms with Crippen molar-refractivity contribution in [2.75, 3.05) is 25.6 Å². The van der Waals surface area contributed by atoms with E-state index in [1.807, 2.05) is 43.3 Å². The molecule has 4 aromatic rings. The lowest BCUT2D eigenvalue weighted by Gasteiger charge is -2.26. The second-order valence-corrected chi connectivity index (χ2v) is 10.8. The number of fused-ring (bicyclic) bond motifs is 1. The number of benzene rings is 3. The standard InChI is InChI=1S/C33H31N3O6S/c1-5-41-28(37)19-42-25-15-12-22(13-16-25)17-27-32(39)36-30(23-14-11-20(2)26(18-23)40-4)29(21(3)34-33(36)43-27)31(38)35-24-9-7-6-8-10-24/h6-18,30H,5,19H2,1-4H3,(H,35,38)/b27-17-/t30-/m0/s1. The molecule has 1 N–H and O–H groups in total. The highest BCUT2D eigenvalue weighted by molar-refractivity contribution is 7.07. The van der Waals surface area contributed by atoms with Gasteiger partial charge in [-0.25, -0.2) is 9.79 Å². The number of amides is 1. The Labute approximate surface area is 252 Å². The predicted octanol–water partition coefficient (Wildman–Crippen LogP) is 4.13. The molecule has 43 heavy (non-hydrogen) atoms. The minimum atomic E-state index is -0.727. The van der Waals surface area contributed by atoms with Gasteiger partial charge >= 0.3 is 5.97 Å². The van der Waals surface area contributed by atoms with E-state index < -0.39 is 12.0 Å². The number of thiazole rings is 1. The minimum Gasteiger partial charge on any atom is -0.496 e. The molecule has 220 valence electrons. The Kier molecular flexibility index (Phi) is 8.87. The van der Waals surface area contributed by atoms with Gasteiger partial charge in [-0.15, -0.1) is 0 Å². The van der Waals surface area contributed by atoms with E-state index in [2.05, 4.69) is 5.32 Å². The quantitative estimate of drug-likeness (QED) is 0.291. The van der Waals surface area contributed by atoms with Crippen LogP contribution in [0.5, 0.6) is 11.5 Å². The van der Waals surface area contributed by atoms with Crippen LogP contribution < -0.4 is 29.7 Å². The van der Waals surface area contributed by atoms with Gasteiger partial charge in [0.25, 0.3) is 11.5 Å². The first-order valence-electron chi connectivity index (χ1n) is 13.7. The summed E-state index contributed by atoms with van der Waals surface area (Å²) in [5, 5.41) is 2.96. The van der Waals surface area contributed by atoms with Crippen molar-refractivity contribution in [1.82, 2.24) is 4.57 Å². The summed E-state index contributed by atoms with van der Waals surface area (Å²) in [7, 11) is 1.59. The number of nitrogens with zero attached hydrogens (tertiary/aromatic N) is 2. The number of anilines is 1. The second kappa shape index (κ2) is 12.9. The van der Waals surface area contributed by atoms with Crippen LogP contribution in [-0.2, 0) is 14.3 Å². The highest BCUT2D eigenvalue weighted by Crippen LogP contribution is 2.33. The zero-order chi connectivity index (χ0) is 30.5. The molecule has 0 saturated carbocycles. The monoisotopic (exact) mass is 597 g/mol. The fraction of sp³-hybridized carbons (Fsp3) is 0.212. The van der Waals surface area contributed by atoms with Crippen molar-refractivity contribution in [2.45, 2.75) is 26.8 Å². The Morgan fingerprint density at radius 1 is 1.05 bits per heavy atom. The molecule has 0 saturated heterocycles. The summed E-state index contributed by atoms with van der Waals surface area (Å²) in [6.45, 7) is 5.55. The summed E-state index contributed by atoms with van der Waals surface area (Å²) in [6, 6.07) is 21.2. The van der Waals surface area contributed by atoms with Crippen LogP contribution in [0.25, 0.3) is 6.08 Å². The summed E-state index contributed by atoms with van der Waals surface area (Å²) in [5.74, 6) is 0.372. The molecular formula is C33H31N3O6S. The van der Waals surface area contributed by atoms with Gasteiger partial charge in [-0.2, -0.15) is 0 Å². The third kappa shape index (κ3) is 6.44. The molecule has 0 aliphatic carbocycles. The highest BCUT2D eigenvalue weighted by Gasteiger charge is 2.33. The van der Waals surface area contributed by atoms with Crippen molar-refractivity contribution in [1.29, 1.82) is 0 Å². The molecular weight excluding hydrogens is 566 g/mol. The third-order valence-electron chi connectivity index (χ3n) is 6.89. The number of hydrogen-bond donors (Lipinski definition) is 1. The van der Waals surface area contributed by atoms with Crippen molar-refractivity contribution in [3.63, 3.8) is 0 Å². The van der Waals surface area contributed by atoms with Crippen LogP contribution in [0.3, 0.4) is 0 Å². The van der Waals surface area contributed by atoms with E-state index in [1.165, 1.54) is 11.3 Å². The number of ether oxygens (including phenoxy) is 3. The van der Waals surface area contributed by atoms with E-state index in [-0.39, 0.29) is 24.7 Å². The predicted molar refractivity (Wildman–Crippen MR) is 165 cm³/mol. The number of esters is 1. The number of hydrogen-bond acceptors (Lipinski definition) is 8. The Balaban J connectivity index is 1.55. The van der Waals surface area contributed by atoms with E-state index in [1.54, 1.807) is 68.0 Å². The molecule has 1 aliphatic heterocycles. The van der Waals surface area contributed by atoms with E-state index in [0.29, 0.717) is 37.8 Å². The number of aromatic nitrogens is 1. The molecule has 1 aromatic heterocycles. The van der Waals surface area contributed by atoms with Gasteiger partial charge in [0.05, 0.1) is 35.6 Å². The van der Waals surface area contributed by atoms with E-state index >= 15 is 0 Å². The summed E-state index contributed by atoms with van der Waals surface area (Å²) in [5.41, 5.74) is 3.69. The molecule has 1 amide bonds. The normalized spacial score (nSPS) is 14.5. The van der Waals surface area contributed by atoms with E-state index in [0.717, 1.165) is 16.7 Å². The molecule has 5 rings (SSSR count). The molecule has 2 heterocycles. The van der Waals surface area contributed by atoms with Crippen LogP contribution in [0, 0.1) is 6.92 Å². The molecule has 0 unspecified atom stereocenters. The largest absolute Gasteiger partial charge is 0.496 e. The zero-order valence-corrected chi connectivity index (χ0v) is 25.1. The molecule has 0 bridgehead atoms. The SMILES string of the molecule is CCOC(=O)COc1ccc(/C=c2\sc3n(c2=O)[C@@H](c2ccc(C)c(OC)c2)C(C(=O)Nc2ccccc2)=C(C)N=3)cc1. The lowest BCUT2D eigenvalue weighted by Crippen LogP contribution is -2.40. The van der Waals surface area contributed by atoms with Crippen molar-refractivity contribution in [3.8, 4) is 11.5 Å². The van der Waals surface area contributed by atoms with Crippen molar-refractivity contribution in [2.24, 2.45) is 4.99 Å². The Morgan fingerprint density at radius 3 is 2.49 bits per heavy atom. The summed E-state index contributed by atoms with van der Waals surface area (Å²) < 4.78 is 18.0. The van der Waals surface area contributed by atoms with Crippen LogP contribution in [0.2, 0.25) is 0 Å². The summed E-state index contributed by atoms with van der Waals surface area (Å²) >= 11 is 1.25. The van der Waals surface area contributed by atoms with Gasteiger partial charge in [-0.3, -0.25) is 14.2 Å². The minimum absolute atomic E-state index is 0.185. The Bertz CT molecular complexity index is 1870. The van der Waals surface area contributed by atoms with Crippen LogP contribution in [0.1, 0.15) is 36.6 Å². The first kappa shape index (κ1) is 29.5. The average Bonchev–Trinajstić information content (AvgIpc) is 3.30. The van der Waals surface area contributed by atoms with E-state index in [4.69, 9.17) is 19.2 Å². The first-order chi connectivity index (χ1) is 20.8. The van der Waals surface area contributed by atoms with Gasteiger partial charge in [0.2, 0.25) is 0 Å². The number of carbonyl (C=O) groups excluding carboxylic acids is 2. The van der Waals surface area contributed by atoms with Gasteiger partial charge in [0.15, 0.2) is 11.4 Å². The lowest BCUT2D eigenvalue weighted by atomic mass is 9.94. The molecule has 0 radical (unpaired) electrons. The maximum atomic E-state index is 14.0.